The molecule has 0 aliphatic carbocycles. The van der Waals surface area contributed by atoms with Crippen molar-refractivity contribution in [3.8, 4) is 0 Å². The molecule has 262 valence electrons. The van der Waals surface area contributed by atoms with Crippen LogP contribution in [0.1, 0.15) is 39.2 Å². The Labute approximate surface area is 307 Å². The second-order valence-electron chi connectivity index (χ2n) is 12.6. The second kappa shape index (κ2) is 16.9. The third-order valence-corrected chi connectivity index (χ3v) is 9.62. The smallest absolute Gasteiger partial charge is 0.288 e. The number of hydrazine groups is 1. The molecule has 0 aliphatic rings. The minimum Gasteiger partial charge on any atom is -0.392 e. The zero-order valence-corrected chi connectivity index (χ0v) is 29.1. The van der Waals surface area contributed by atoms with E-state index in [1.807, 2.05) is 140 Å². The van der Waals surface area contributed by atoms with Crippen molar-refractivity contribution in [3.05, 3.63) is 186 Å². The number of carbonyl (C=O) groups excluding carboxylic acids is 3. The zero-order valence-electron chi connectivity index (χ0n) is 28.4. The van der Waals surface area contributed by atoms with Gasteiger partial charge in [0.2, 0.25) is 11.8 Å². The van der Waals surface area contributed by atoms with Gasteiger partial charge in [0.05, 0.1) is 17.5 Å². The second-order valence-corrected chi connectivity index (χ2v) is 12.9. The van der Waals surface area contributed by atoms with E-state index in [1.165, 1.54) is 0 Å². The Balaban J connectivity index is 1.34. The van der Waals surface area contributed by atoms with Crippen LogP contribution in [0.15, 0.2) is 158 Å². The van der Waals surface area contributed by atoms with Crippen LogP contribution in [0.4, 0.5) is 0 Å². The van der Waals surface area contributed by atoms with Crippen LogP contribution >= 0.6 is 11.6 Å². The Bertz CT molecular complexity index is 2000. The van der Waals surface area contributed by atoms with E-state index < -0.39 is 41.2 Å². The average molecular weight is 711 g/mol. The Morgan fingerprint density at radius 2 is 1.17 bits per heavy atom. The van der Waals surface area contributed by atoms with Crippen LogP contribution < -0.4 is 16.2 Å². The van der Waals surface area contributed by atoms with Crippen molar-refractivity contribution in [1.29, 1.82) is 0 Å². The molecule has 9 heteroatoms. The fraction of sp³-hybridized carbons (Fsp3) is 0.163. The van der Waals surface area contributed by atoms with E-state index in [9.17, 15) is 19.5 Å². The quantitative estimate of drug-likeness (QED) is 0.0614. The van der Waals surface area contributed by atoms with Crippen LogP contribution in [0.25, 0.3) is 10.9 Å². The summed E-state index contributed by atoms with van der Waals surface area (Å²) in [5.41, 5.74) is 7.91. The molecule has 0 saturated carbocycles. The number of nitrogens with zero attached hydrogens (tertiary/aromatic N) is 1. The summed E-state index contributed by atoms with van der Waals surface area (Å²) in [5, 5.41) is 15.5. The number of aromatic nitrogens is 1. The molecule has 0 aliphatic heterocycles. The molecular weight excluding hydrogens is 672 g/mol. The molecule has 4 N–H and O–H groups in total. The lowest BCUT2D eigenvalue weighted by Gasteiger charge is -2.38. The number of halogens is 1. The number of benzene rings is 5. The van der Waals surface area contributed by atoms with E-state index in [4.69, 9.17) is 11.6 Å². The summed E-state index contributed by atoms with van der Waals surface area (Å²) < 4.78 is 0. The highest BCUT2D eigenvalue weighted by Crippen LogP contribution is 2.37. The minimum atomic E-state index is -1.15. The van der Waals surface area contributed by atoms with E-state index in [0.717, 1.165) is 27.6 Å². The number of alkyl halides is 1. The van der Waals surface area contributed by atoms with Crippen molar-refractivity contribution in [1.82, 2.24) is 21.2 Å². The first-order chi connectivity index (χ1) is 25.4. The topological polar surface area (TPSA) is 120 Å². The predicted octanol–water partition coefficient (Wildman–Crippen LogP) is 6.57. The van der Waals surface area contributed by atoms with Gasteiger partial charge in [-0.05, 0) is 40.8 Å². The SMILES string of the molecule is O=C(C[C@H](C(=O)NNC(=O)c1ccc2ccccc2n1)[C@H](Cc1ccccc1)C(O)CCl)NC(c1ccccc1)(c1ccccc1)c1ccccc1. The summed E-state index contributed by atoms with van der Waals surface area (Å²) in [5.74, 6) is -3.80. The average Bonchev–Trinajstić information content (AvgIpc) is 3.21. The lowest BCUT2D eigenvalue weighted by atomic mass is 9.76. The molecule has 1 heterocycles. The maximum absolute atomic E-state index is 14.5. The number of aliphatic hydroxyl groups excluding tert-OH is 1. The van der Waals surface area contributed by atoms with Crippen molar-refractivity contribution < 1.29 is 19.5 Å². The summed E-state index contributed by atoms with van der Waals surface area (Å²) in [6, 6.07) is 49.1. The third-order valence-electron chi connectivity index (χ3n) is 9.30. The van der Waals surface area contributed by atoms with Crippen LogP contribution in [0, 0.1) is 11.8 Å². The number of aliphatic hydroxyl groups is 1. The first kappa shape index (κ1) is 36.0. The maximum Gasteiger partial charge on any atom is 0.288 e. The summed E-state index contributed by atoms with van der Waals surface area (Å²) in [4.78, 5) is 46.3. The Kier molecular flexibility index (Phi) is 11.7. The molecule has 6 rings (SSSR count). The van der Waals surface area contributed by atoms with Gasteiger partial charge in [0.25, 0.3) is 5.91 Å². The number of hydrogen-bond acceptors (Lipinski definition) is 5. The van der Waals surface area contributed by atoms with Crippen molar-refractivity contribution in [2.75, 3.05) is 5.88 Å². The third kappa shape index (κ3) is 8.20. The molecule has 0 radical (unpaired) electrons. The molecule has 3 atom stereocenters. The molecule has 6 aromatic rings. The molecule has 5 aromatic carbocycles. The molecule has 1 unspecified atom stereocenters. The summed E-state index contributed by atoms with van der Waals surface area (Å²) >= 11 is 6.24. The predicted molar refractivity (Wildman–Crippen MR) is 203 cm³/mol. The number of para-hydroxylation sites is 1. The monoisotopic (exact) mass is 710 g/mol. The standard InChI is InChI=1S/C43H39ClN4O4/c44-29-39(49)35(27-30-15-5-1-6-16-30)36(41(51)47-48-42(52)38-26-25-31-17-13-14-24-37(31)45-38)28-40(50)46-43(32-18-7-2-8-19-32,33-20-9-3-10-21-33)34-22-11-4-12-23-34/h1-26,35-36,39,49H,27-29H2,(H,46,50)(H,47,51)(H,48,52)/t35-,36-,39?/m0/s1. The van der Waals surface area contributed by atoms with E-state index in [-0.39, 0.29) is 24.4 Å². The van der Waals surface area contributed by atoms with Crippen molar-refractivity contribution in [2.45, 2.75) is 24.5 Å². The number of nitrogens with one attached hydrogen (secondary N) is 3. The van der Waals surface area contributed by atoms with Crippen molar-refractivity contribution in [3.63, 3.8) is 0 Å². The highest BCUT2D eigenvalue weighted by molar-refractivity contribution is 6.18. The fourth-order valence-corrected chi connectivity index (χ4v) is 6.92. The molecule has 0 bridgehead atoms. The molecule has 1 aromatic heterocycles. The summed E-state index contributed by atoms with van der Waals surface area (Å²) in [6.45, 7) is 0. The largest absolute Gasteiger partial charge is 0.392 e. The summed E-state index contributed by atoms with van der Waals surface area (Å²) in [7, 11) is 0. The van der Waals surface area contributed by atoms with E-state index in [2.05, 4.69) is 21.2 Å². The fourth-order valence-electron chi connectivity index (χ4n) is 6.69. The van der Waals surface area contributed by atoms with Gasteiger partial charge >= 0.3 is 0 Å². The number of amides is 3. The Morgan fingerprint density at radius 1 is 0.654 bits per heavy atom. The Hall–Kier alpha value is -5.83. The van der Waals surface area contributed by atoms with Gasteiger partial charge in [-0.15, -0.1) is 11.6 Å². The molecule has 3 amide bonds. The maximum atomic E-state index is 14.5. The Morgan fingerprint density at radius 3 is 1.73 bits per heavy atom. The van der Waals surface area contributed by atoms with Gasteiger partial charge in [0, 0.05) is 23.6 Å². The van der Waals surface area contributed by atoms with Crippen LogP contribution in [-0.4, -0.2) is 39.8 Å². The summed E-state index contributed by atoms with van der Waals surface area (Å²) in [6.07, 6.45) is -1.22. The molecule has 52 heavy (non-hydrogen) atoms. The molecular formula is C43H39ClN4O4. The zero-order chi connectivity index (χ0) is 36.3. The van der Waals surface area contributed by atoms with Crippen molar-refractivity contribution in [2.24, 2.45) is 11.8 Å². The molecule has 0 saturated heterocycles. The van der Waals surface area contributed by atoms with E-state index >= 15 is 0 Å². The molecule has 0 fully saturated rings. The van der Waals surface area contributed by atoms with E-state index in [1.54, 1.807) is 18.2 Å². The lowest BCUT2D eigenvalue weighted by Crippen LogP contribution is -2.52. The van der Waals surface area contributed by atoms with Gasteiger partial charge in [-0.1, -0.05) is 146 Å². The van der Waals surface area contributed by atoms with Gasteiger partial charge < -0.3 is 10.4 Å². The van der Waals surface area contributed by atoms with Crippen LogP contribution in [-0.2, 0) is 21.5 Å². The number of rotatable bonds is 13. The van der Waals surface area contributed by atoms with Gasteiger partial charge in [-0.3, -0.25) is 25.2 Å². The first-order valence-corrected chi connectivity index (χ1v) is 17.6. The normalized spacial score (nSPS) is 13.0. The number of carbonyl (C=O) groups is 3. The molecule has 0 spiro atoms. The number of fused-ring (bicyclic) bond motifs is 1. The van der Waals surface area contributed by atoms with Gasteiger partial charge in [0.15, 0.2) is 0 Å². The molecule has 8 nitrogen and oxygen atoms in total. The van der Waals surface area contributed by atoms with Crippen LogP contribution in [0.5, 0.6) is 0 Å². The first-order valence-electron chi connectivity index (χ1n) is 17.1. The van der Waals surface area contributed by atoms with Crippen LogP contribution in [0.3, 0.4) is 0 Å². The minimum absolute atomic E-state index is 0.105. The van der Waals surface area contributed by atoms with Crippen molar-refractivity contribution >= 4 is 40.2 Å². The highest BCUT2D eigenvalue weighted by Gasteiger charge is 2.41. The van der Waals surface area contributed by atoms with E-state index in [0.29, 0.717) is 5.52 Å². The van der Waals surface area contributed by atoms with Crippen LogP contribution in [0.2, 0.25) is 0 Å². The number of hydrogen-bond donors (Lipinski definition) is 4. The lowest BCUT2D eigenvalue weighted by molar-refractivity contribution is -0.134. The van der Waals surface area contributed by atoms with Gasteiger partial charge in [-0.2, -0.15) is 0 Å². The highest BCUT2D eigenvalue weighted by atomic mass is 35.5. The number of pyridine rings is 1. The van der Waals surface area contributed by atoms with Gasteiger partial charge in [0.1, 0.15) is 11.2 Å². The van der Waals surface area contributed by atoms with Gasteiger partial charge in [-0.25, -0.2) is 4.98 Å².